The van der Waals surface area contributed by atoms with E-state index in [-0.39, 0.29) is 11.0 Å². The van der Waals surface area contributed by atoms with Crippen molar-refractivity contribution in [3.05, 3.63) is 90.0 Å². The maximum absolute atomic E-state index is 12.6. The molecular formula is C26H28N2O4S. The topological polar surface area (TPSA) is 68.8 Å². The smallest absolute Gasteiger partial charge is 0.257 e. The van der Waals surface area contributed by atoms with Crippen LogP contribution in [0.25, 0.3) is 0 Å². The molecule has 7 heteroatoms. The maximum Gasteiger partial charge on any atom is 0.257 e. The molecule has 0 atom stereocenters. The summed E-state index contributed by atoms with van der Waals surface area (Å²) in [7, 11) is 0. The number of rotatable bonds is 11. The van der Waals surface area contributed by atoms with E-state index in [2.05, 4.69) is 22.8 Å². The van der Waals surface area contributed by atoms with Gasteiger partial charge in [0.2, 0.25) is 0 Å². The van der Waals surface area contributed by atoms with Crippen LogP contribution >= 0.6 is 12.2 Å². The van der Waals surface area contributed by atoms with E-state index in [9.17, 15) is 4.79 Å². The predicted octanol–water partition coefficient (Wildman–Crippen LogP) is 4.85. The van der Waals surface area contributed by atoms with E-state index >= 15 is 0 Å². The zero-order chi connectivity index (χ0) is 23.3. The van der Waals surface area contributed by atoms with Crippen molar-refractivity contribution in [1.29, 1.82) is 0 Å². The molecule has 0 aliphatic carbocycles. The summed E-state index contributed by atoms with van der Waals surface area (Å²) in [4.78, 5) is 12.6. The number of carbonyl (C=O) groups is 1. The minimum absolute atomic E-state index is 0.209. The number of nitrogens with one attached hydrogen (secondary N) is 2. The van der Waals surface area contributed by atoms with Gasteiger partial charge in [0, 0.05) is 24.3 Å². The Morgan fingerprint density at radius 2 is 1.61 bits per heavy atom. The normalized spacial score (nSPS) is 10.3. The third-order valence-corrected chi connectivity index (χ3v) is 4.84. The molecule has 0 saturated heterocycles. The molecule has 0 saturated carbocycles. The Labute approximate surface area is 199 Å². The molecule has 0 fully saturated rings. The Hall–Kier alpha value is -3.42. The Kier molecular flexibility index (Phi) is 9.69. The number of anilines is 1. The van der Waals surface area contributed by atoms with Gasteiger partial charge in [0.1, 0.15) is 18.1 Å². The highest BCUT2D eigenvalue weighted by molar-refractivity contribution is 7.80. The van der Waals surface area contributed by atoms with E-state index in [0.29, 0.717) is 37.7 Å². The molecule has 1 amide bonds. The van der Waals surface area contributed by atoms with Gasteiger partial charge >= 0.3 is 0 Å². The van der Waals surface area contributed by atoms with Crippen molar-refractivity contribution in [2.24, 2.45) is 0 Å². The van der Waals surface area contributed by atoms with E-state index in [4.69, 9.17) is 26.4 Å². The standard InChI is InChI=1S/C26H28N2O4S/c1-2-30-17-18-32-23-13-11-22(12-14-23)27-26(33)28-25(29)21-9-6-10-24(19-21)31-16-15-20-7-4-3-5-8-20/h3-14,19H,2,15-18H2,1H3,(H2,27,28,29,33). The second kappa shape index (κ2) is 13.2. The second-order valence-corrected chi connectivity index (χ2v) is 7.50. The summed E-state index contributed by atoms with van der Waals surface area (Å²) in [5.74, 6) is 1.06. The molecule has 0 heterocycles. The van der Waals surface area contributed by atoms with Gasteiger partial charge in [-0.05, 0) is 67.2 Å². The third kappa shape index (κ3) is 8.56. The van der Waals surface area contributed by atoms with Crippen LogP contribution < -0.4 is 20.1 Å². The summed E-state index contributed by atoms with van der Waals surface area (Å²) in [6, 6.07) is 24.5. The molecule has 172 valence electrons. The largest absolute Gasteiger partial charge is 0.493 e. The first-order chi connectivity index (χ1) is 16.1. The van der Waals surface area contributed by atoms with E-state index in [1.54, 1.807) is 18.2 Å². The third-order valence-electron chi connectivity index (χ3n) is 4.64. The van der Waals surface area contributed by atoms with Crippen LogP contribution in [0, 0.1) is 0 Å². The molecule has 0 spiro atoms. The molecule has 0 bridgehead atoms. The molecule has 3 aromatic rings. The first-order valence-electron chi connectivity index (χ1n) is 10.8. The van der Waals surface area contributed by atoms with Crippen LogP contribution in [-0.4, -0.2) is 37.4 Å². The summed E-state index contributed by atoms with van der Waals surface area (Å²) >= 11 is 5.28. The molecule has 3 aromatic carbocycles. The first kappa shape index (κ1) is 24.2. The second-order valence-electron chi connectivity index (χ2n) is 7.09. The Morgan fingerprint density at radius 3 is 2.36 bits per heavy atom. The van der Waals surface area contributed by atoms with Gasteiger partial charge in [-0.1, -0.05) is 36.4 Å². The molecule has 0 aliphatic heterocycles. The van der Waals surface area contributed by atoms with Gasteiger partial charge in [0.05, 0.1) is 13.2 Å². The summed E-state index contributed by atoms with van der Waals surface area (Å²) in [5, 5.41) is 5.90. The van der Waals surface area contributed by atoms with Crippen LogP contribution in [0.5, 0.6) is 11.5 Å². The summed E-state index contributed by atoms with van der Waals surface area (Å²) in [5.41, 5.74) is 2.41. The highest BCUT2D eigenvalue weighted by atomic mass is 32.1. The maximum atomic E-state index is 12.6. The fourth-order valence-corrected chi connectivity index (χ4v) is 3.20. The molecule has 0 aliphatic rings. The van der Waals surface area contributed by atoms with Crippen molar-refractivity contribution in [2.45, 2.75) is 13.3 Å². The average molecular weight is 465 g/mol. The molecule has 0 unspecified atom stereocenters. The fourth-order valence-electron chi connectivity index (χ4n) is 2.99. The van der Waals surface area contributed by atoms with Crippen LogP contribution in [0.15, 0.2) is 78.9 Å². The monoisotopic (exact) mass is 464 g/mol. The number of hydrogen-bond donors (Lipinski definition) is 2. The Bertz CT molecular complexity index is 1030. The number of hydrogen-bond acceptors (Lipinski definition) is 5. The van der Waals surface area contributed by atoms with Crippen molar-refractivity contribution in [2.75, 3.05) is 31.7 Å². The SMILES string of the molecule is CCOCCOc1ccc(NC(=S)NC(=O)c2cccc(OCCc3ccccc3)c2)cc1. The van der Waals surface area contributed by atoms with Crippen molar-refractivity contribution >= 4 is 28.9 Å². The molecule has 33 heavy (non-hydrogen) atoms. The van der Waals surface area contributed by atoms with Gasteiger partial charge in [0.25, 0.3) is 5.91 Å². The number of amides is 1. The van der Waals surface area contributed by atoms with E-state index < -0.39 is 0 Å². The van der Waals surface area contributed by atoms with Crippen LogP contribution in [-0.2, 0) is 11.2 Å². The molecule has 2 N–H and O–H groups in total. The average Bonchev–Trinajstić information content (AvgIpc) is 2.84. The highest BCUT2D eigenvalue weighted by Gasteiger charge is 2.09. The van der Waals surface area contributed by atoms with Crippen LogP contribution in [0.2, 0.25) is 0 Å². The Morgan fingerprint density at radius 1 is 0.848 bits per heavy atom. The van der Waals surface area contributed by atoms with Gasteiger partial charge < -0.3 is 19.5 Å². The molecular weight excluding hydrogens is 436 g/mol. The lowest BCUT2D eigenvalue weighted by atomic mass is 10.2. The minimum Gasteiger partial charge on any atom is -0.493 e. The van der Waals surface area contributed by atoms with Crippen LogP contribution in [0.4, 0.5) is 5.69 Å². The van der Waals surface area contributed by atoms with Crippen LogP contribution in [0.3, 0.4) is 0 Å². The zero-order valence-corrected chi connectivity index (χ0v) is 19.4. The lowest BCUT2D eigenvalue weighted by Crippen LogP contribution is -2.34. The van der Waals surface area contributed by atoms with E-state index in [1.807, 2.05) is 55.5 Å². The van der Waals surface area contributed by atoms with Gasteiger partial charge in [0.15, 0.2) is 5.11 Å². The lowest BCUT2D eigenvalue weighted by Gasteiger charge is -2.12. The van der Waals surface area contributed by atoms with Crippen molar-refractivity contribution in [3.63, 3.8) is 0 Å². The van der Waals surface area contributed by atoms with Crippen molar-refractivity contribution in [1.82, 2.24) is 5.32 Å². The number of benzene rings is 3. The number of carbonyl (C=O) groups excluding carboxylic acids is 1. The number of ether oxygens (including phenoxy) is 3. The van der Waals surface area contributed by atoms with Gasteiger partial charge in [-0.15, -0.1) is 0 Å². The first-order valence-corrected chi connectivity index (χ1v) is 11.2. The summed E-state index contributed by atoms with van der Waals surface area (Å²) in [6.45, 7) is 4.18. The van der Waals surface area contributed by atoms with Gasteiger partial charge in [-0.25, -0.2) is 0 Å². The minimum atomic E-state index is -0.308. The highest BCUT2D eigenvalue weighted by Crippen LogP contribution is 2.16. The lowest BCUT2D eigenvalue weighted by molar-refractivity contribution is 0.0977. The van der Waals surface area contributed by atoms with Crippen molar-refractivity contribution < 1.29 is 19.0 Å². The molecule has 6 nitrogen and oxygen atoms in total. The molecule has 0 radical (unpaired) electrons. The molecule has 3 rings (SSSR count). The quantitative estimate of drug-likeness (QED) is 0.312. The molecule has 0 aromatic heterocycles. The van der Waals surface area contributed by atoms with Crippen molar-refractivity contribution in [3.8, 4) is 11.5 Å². The summed E-state index contributed by atoms with van der Waals surface area (Å²) in [6.07, 6.45) is 0.793. The zero-order valence-electron chi connectivity index (χ0n) is 18.6. The van der Waals surface area contributed by atoms with E-state index in [0.717, 1.165) is 17.9 Å². The Balaban J connectivity index is 1.45. The fraction of sp³-hybridized carbons (Fsp3) is 0.231. The predicted molar refractivity (Wildman–Crippen MR) is 134 cm³/mol. The van der Waals surface area contributed by atoms with Crippen LogP contribution in [0.1, 0.15) is 22.8 Å². The van der Waals surface area contributed by atoms with Gasteiger partial charge in [-0.2, -0.15) is 0 Å². The summed E-state index contributed by atoms with van der Waals surface area (Å²) < 4.78 is 16.6. The van der Waals surface area contributed by atoms with E-state index in [1.165, 1.54) is 5.56 Å². The van der Waals surface area contributed by atoms with Gasteiger partial charge in [-0.3, -0.25) is 10.1 Å². The number of thiocarbonyl (C=S) groups is 1.